The minimum atomic E-state index is -5.80. The number of esters is 9. The van der Waals surface area contributed by atoms with Crippen molar-refractivity contribution in [3.8, 4) is 0 Å². The highest BCUT2D eigenvalue weighted by Crippen LogP contribution is 2.66. The van der Waals surface area contributed by atoms with Gasteiger partial charge in [-0.1, -0.05) is 32.9 Å². The van der Waals surface area contributed by atoms with Crippen LogP contribution in [0.4, 0.5) is 74.6 Å². The van der Waals surface area contributed by atoms with E-state index in [0.29, 0.717) is 117 Å². The number of ether oxygens (including phenoxy) is 13. The molecule has 20 fully saturated rings. The van der Waals surface area contributed by atoms with Crippen LogP contribution in [0.3, 0.4) is 0 Å². The van der Waals surface area contributed by atoms with E-state index in [1.54, 1.807) is 27.7 Å². The maximum Gasteiger partial charge on any atom is 0.453 e. The first kappa shape index (κ1) is 106. The Kier molecular flexibility index (Phi) is 31.5. The highest BCUT2D eigenvalue weighted by atomic mass is 19.4. The van der Waals surface area contributed by atoms with E-state index >= 15 is 0 Å². The lowest BCUT2D eigenvalue weighted by molar-refractivity contribution is -0.317. The van der Waals surface area contributed by atoms with E-state index in [1.165, 1.54) is 40.0 Å². The number of rotatable bonds is 30. The Hall–Kier alpha value is -7.42. The second-order valence-electron chi connectivity index (χ2n) is 42.0. The first-order chi connectivity index (χ1) is 61.2. The monoisotopic (exact) mass is 1930 g/mol. The van der Waals surface area contributed by atoms with E-state index in [1.807, 2.05) is 0 Å². The van der Waals surface area contributed by atoms with E-state index in [4.69, 9.17) is 47.4 Å². The zero-order valence-electron chi connectivity index (χ0n) is 76.3. The van der Waals surface area contributed by atoms with Crippen molar-refractivity contribution in [1.29, 1.82) is 0 Å². The van der Waals surface area contributed by atoms with Gasteiger partial charge in [0.1, 0.15) is 47.6 Å². The summed E-state index contributed by atoms with van der Waals surface area (Å²) in [7, 11) is 0. The molecule has 0 aromatic rings. The summed E-state index contributed by atoms with van der Waals surface area (Å²) in [6.45, 7) is 28.1. The van der Waals surface area contributed by atoms with Gasteiger partial charge in [0.2, 0.25) is 0 Å². The first-order valence-corrected chi connectivity index (χ1v) is 45.7. The third-order valence-corrected chi connectivity index (χ3v) is 29.0. The largest absolute Gasteiger partial charge is 0.464 e. The standard InChI is InChI=1S/C21H27F5O5.C20H24F6O5.C20H27F3O5.C19H25F3O5.C14H20O2/c1-12(2)16(27)31-19-9-14-6-15(10-19)8-18(7-14,11-19)30-13(3)17(28)29-5-4-20(22,23)21(24,25)26;1-10(2)14(27)31-18-7-12-4-13(8-18)6-17(5-12,9-18)30-11(3)15(28)29-16(19(21,22)23)20(24,25)26;1-12(2)16(24)28-19-9-14-6-15(10-19)8-18(7-14,11-19)27-13(3)17(25)26-5-4-20(21,22)23;1-12(2)16(24)27-18-8-13-5-14(9-18)7-17(6-13,11-18)26-4-3-25-15(23)10-19(20,21)22;1-9(2)13(15)16-14-6-10-3-11(7-14)5-12(4-10)8-14/h13-15H,1,4-11H2,2-3H3;11-13,16H,1,4-9H2,2-3H3;13-15H,1,4-11H2,2-3H3;13-14H,1,3-11H2,2H3;10-12H,1,3-8H2,2H3. The van der Waals surface area contributed by atoms with Crippen molar-refractivity contribution in [2.75, 3.05) is 26.4 Å². The Morgan fingerprint density at radius 2 is 0.549 bits per heavy atom. The van der Waals surface area contributed by atoms with E-state index in [2.05, 4.69) is 47.1 Å². The van der Waals surface area contributed by atoms with Crippen LogP contribution in [0.15, 0.2) is 60.8 Å². The van der Waals surface area contributed by atoms with Crippen molar-refractivity contribution in [1.82, 2.24) is 0 Å². The van der Waals surface area contributed by atoms with Gasteiger partial charge in [-0.2, -0.15) is 74.6 Å². The quantitative estimate of drug-likeness (QED) is 0.0212. The van der Waals surface area contributed by atoms with Crippen LogP contribution in [0.2, 0.25) is 0 Å². The van der Waals surface area contributed by atoms with Gasteiger partial charge in [0.25, 0.3) is 6.10 Å². The van der Waals surface area contributed by atoms with Crippen molar-refractivity contribution in [3.05, 3.63) is 60.8 Å². The number of carbonyl (C=O) groups is 9. The summed E-state index contributed by atoms with van der Waals surface area (Å²) in [4.78, 5) is 108. The van der Waals surface area contributed by atoms with E-state index < -0.39 is 186 Å². The summed E-state index contributed by atoms with van der Waals surface area (Å²) in [5.74, 6) is -7.13. The fourth-order valence-corrected chi connectivity index (χ4v) is 26.4. The Morgan fingerprint density at radius 1 is 0.301 bits per heavy atom. The van der Waals surface area contributed by atoms with Gasteiger partial charge >= 0.3 is 90.5 Å². The molecule has 133 heavy (non-hydrogen) atoms. The van der Waals surface area contributed by atoms with Crippen LogP contribution in [0.25, 0.3) is 0 Å². The van der Waals surface area contributed by atoms with Crippen molar-refractivity contribution >= 4 is 53.7 Å². The zero-order chi connectivity index (χ0) is 98.6. The molecule has 0 aromatic heterocycles. The zero-order valence-corrected chi connectivity index (χ0v) is 76.3. The Bertz CT molecular complexity index is 4260. The molecule has 20 bridgehead atoms. The molecule has 20 rings (SSSR count). The summed E-state index contributed by atoms with van der Waals surface area (Å²) in [5, 5.41) is 0. The average Bonchev–Trinajstić information content (AvgIpc) is 0.729. The lowest BCUT2D eigenvalue weighted by Gasteiger charge is -2.61. The van der Waals surface area contributed by atoms with Crippen LogP contribution >= 0.6 is 0 Å². The predicted molar refractivity (Wildman–Crippen MR) is 435 cm³/mol. The van der Waals surface area contributed by atoms with Gasteiger partial charge < -0.3 is 61.6 Å². The second-order valence-corrected chi connectivity index (χ2v) is 42.0. The molecule has 0 spiro atoms. The summed E-state index contributed by atoms with van der Waals surface area (Å²) in [6, 6.07) is 0. The molecule has 0 aromatic carbocycles. The Morgan fingerprint density at radius 3 is 0.820 bits per heavy atom. The highest BCUT2D eigenvalue weighted by Gasteiger charge is 2.68. The van der Waals surface area contributed by atoms with Crippen molar-refractivity contribution in [2.45, 2.75) is 379 Å². The number of hydrogen-bond donors (Lipinski definition) is 0. The Labute approximate surface area is 761 Å². The van der Waals surface area contributed by atoms with Gasteiger partial charge in [-0.3, -0.25) is 4.79 Å². The molecule has 20 aliphatic rings. The molecular weight excluding hydrogens is 1800 g/mol. The van der Waals surface area contributed by atoms with Crippen LogP contribution in [0.1, 0.15) is 267 Å². The summed E-state index contributed by atoms with van der Waals surface area (Å²) in [6.07, 6.45) is -14.3. The first-order valence-electron chi connectivity index (χ1n) is 45.7. The average molecular weight is 1930 g/mol. The SMILES string of the molecule is C=C(C)C(=O)OC12CC3CC(C1)CC(OC(C)C(=O)OC(C(F)(F)F)C(F)(F)F)(C3)C2.C=C(C)C(=O)OC12CC3CC(C1)CC(OC(C)C(=O)OCCC(F)(F)C(F)(F)F)(C3)C2.C=C(C)C(=O)OC12CC3CC(C1)CC(OC(C)C(=O)OCCC(F)(F)F)(C3)C2.C=C(C)C(=O)OC12CC3CC(CC(C3)C1)C2.C=C(C)C(=O)OC12CC3CC(CC(OCCOC(=O)CC(F)(F)F)(C3)C1)C2. The fourth-order valence-electron chi connectivity index (χ4n) is 26.4. The van der Waals surface area contributed by atoms with Crippen LogP contribution < -0.4 is 0 Å². The summed E-state index contributed by atoms with van der Waals surface area (Å²) < 4.78 is 283. The number of alkyl halides is 17. The van der Waals surface area contributed by atoms with Gasteiger partial charge in [-0.05, 0) is 287 Å². The minimum Gasteiger partial charge on any atom is -0.464 e. The minimum absolute atomic E-state index is 0.0353. The van der Waals surface area contributed by atoms with Gasteiger partial charge in [0, 0.05) is 53.5 Å². The molecule has 0 N–H and O–H groups in total. The smallest absolute Gasteiger partial charge is 0.453 e. The second kappa shape index (κ2) is 39.5. The molecule has 11 unspecified atom stereocenters. The number of hydrogen-bond acceptors (Lipinski definition) is 22. The molecule has 39 heteroatoms. The van der Waals surface area contributed by atoms with E-state index in [-0.39, 0.29) is 60.4 Å². The van der Waals surface area contributed by atoms with Crippen molar-refractivity contribution in [3.63, 3.8) is 0 Å². The van der Waals surface area contributed by atoms with Crippen LogP contribution in [-0.2, 0) is 105 Å². The van der Waals surface area contributed by atoms with Crippen molar-refractivity contribution < 1.29 is 179 Å². The third kappa shape index (κ3) is 26.9. The van der Waals surface area contributed by atoms with Gasteiger partial charge in [0.15, 0.2) is 18.3 Å². The fraction of sp³-hybridized carbons (Fsp3) is 0.798. The molecule has 0 saturated heterocycles. The third-order valence-electron chi connectivity index (χ3n) is 29.0. The molecule has 0 aliphatic heterocycles. The predicted octanol–water partition coefficient (Wildman–Crippen LogP) is 20.3. The maximum absolute atomic E-state index is 13.0. The summed E-state index contributed by atoms with van der Waals surface area (Å²) in [5.41, 5.74) is -3.85. The summed E-state index contributed by atoms with van der Waals surface area (Å²) >= 11 is 0. The van der Waals surface area contributed by atoms with Crippen molar-refractivity contribution in [2.24, 2.45) is 65.1 Å². The van der Waals surface area contributed by atoms with Crippen LogP contribution in [0.5, 0.6) is 0 Å². The molecule has 0 amide bonds. The molecule has 11 atom stereocenters. The molecule has 20 saturated carbocycles. The van der Waals surface area contributed by atoms with Gasteiger partial charge in [-0.25, -0.2) is 38.4 Å². The van der Waals surface area contributed by atoms with E-state index in [0.717, 1.165) is 121 Å². The molecular formula is C94H123F17O22. The van der Waals surface area contributed by atoms with Crippen LogP contribution in [-0.4, -0.2) is 192 Å². The molecule has 0 radical (unpaired) electrons. The van der Waals surface area contributed by atoms with Gasteiger partial charge in [0.05, 0.1) is 48.5 Å². The lowest BCUT2D eigenvalue weighted by Crippen LogP contribution is -2.62. The van der Waals surface area contributed by atoms with Crippen LogP contribution in [0, 0.1) is 65.1 Å². The topological polar surface area (TPSA) is 274 Å². The molecule has 20 aliphatic carbocycles. The van der Waals surface area contributed by atoms with E-state index in [9.17, 15) is 118 Å². The van der Waals surface area contributed by atoms with Gasteiger partial charge in [-0.15, -0.1) is 0 Å². The number of carbonyl (C=O) groups excluding carboxylic acids is 9. The Balaban J connectivity index is 0.000000162. The molecule has 0 heterocycles. The highest BCUT2D eigenvalue weighted by molar-refractivity contribution is 5.89. The molecule has 22 nitrogen and oxygen atoms in total. The maximum atomic E-state index is 13.0. The lowest BCUT2D eigenvalue weighted by atomic mass is 9.52. The number of halogens is 17. The molecule has 750 valence electrons. The normalized spacial score (nSPS) is 35.1.